The molecule has 1 heterocycles. The van der Waals surface area contributed by atoms with E-state index in [9.17, 15) is 14.4 Å². The fraction of sp³-hybridized carbons (Fsp3) is 0.250. The first-order valence-electron chi connectivity index (χ1n) is 5.46. The Balaban J connectivity index is 2.19. The van der Waals surface area contributed by atoms with Crippen molar-refractivity contribution in [2.45, 2.75) is 6.54 Å². The number of benzene rings is 1. The van der Waals surface area contributed by atoms with Crippen LogP contribution < -0.4 is 5.76 Å². The topological polar surface area (TPSA) is 92.6 Å². The molecule has 1 aromatic carbocycles. The van der Waals surface area contributed by atoms with Gasteiger partial charge in [-0.25, -0.2) is 9.59 Å². The van der Waals surface area contributed by atoms with Crippen molar-refractivity contribution in [3.63, 3.8) is 0 Å². The Bertz CT molecular complexity index is 685. The van der Waals surface area contributed by atoms with Crippen molar-refractivity contribution in [1.82, 2.24) is 9.88 Å². The minimum atomic E-state index is -0.920. The maximum atomic E-state index is 11.5. The molecule has 0 fully saturated rings. The summed E-state index contributed by atoms with van der Waals surface area (Å²) in [6, 6.07) is 5.04. The highest BCUT2D eigenvalue weighted by molar-refractivity contribution is 6.32. The lowest BCUT2D eigenvalue weighted by atomic mass is 10.2. The number of H-pyrrole nitrogens is 1. The molecule has 7 nitrogen and oxygen atoms in total. The Kier molecular flexibility index (Phi) is 3.37. The zero-order valence-corrected chi connectivity index (χ0v) is 10.4. The number of likely N-dealkylation sites (N-methyl/N-ethyl adjacent to an activating group) is 1. The van der Waals surface area contributed by atoms with Gasteiger partial charge in [-0.3, -0.25) is 9.78 Å². The number of hydrogen-bond acceptors (Lipinski definition) is 5. The van der Waals surface area contributed by atoms with E-state index in [1.807, 2.05) is 0 Å². The number of nitrogens with zero attached hydrogens (tertiary/aromatic N) is 1. The lowest BCUT2D eigenvalue weighted by molar-refractivity contribution is -0.157. The van der Waals surface area contributed by atoms with Crippen LogP contribution in [0.3, 0.4) is 0 Å². The molecule has 0 saturated heterocycles. The van der Waals surface area contributed by atoms with Gasteiger partial charge in [0.15, 0.2) is 5.58 Å². The lowest BCUT2D eigenvalue weighted by Gasteiger charge is -2.15. The number of amides is 1. The quantitative estimate of drug-likeness (QED) is 0.620. The van der Waals surface area contributed by atoms with E-state index < -0.39 is 17.6 Å². The van der Waals surface area contributed by atoms with Gasteiger partial charge < -0.3 is 14.1 Å². The van der Waals surface area contributed by atoms with Gasteiger partial charge >= 0.3 is 17.6 Å². The number of hydrogen-bond donors (Lipinski definition) is 1. The lowest BCUT2D eigenvalue weighted by Crippen LogP contribution is -2.33. The van der Waals surface area contributed by atoms with Gasteiger partial charge in [0.2, 0.25) is 0 Å². The average Bonchev–Trinajstić information content (AvgIpc) is 2.76. The van der Waals surface area contributed by atoms with Gasteiger partial charge in [0, 0.05) is 13.6 Å². The van der Waals surface area contributed by atoms with Crippen LogP contribution >= 0.6 is 0 Å². The highest BCUT2D eigenvalue weighted by Crippen LogP contribution is 2.13. The van der Waals surface area contributed by atoms with Gasteiger partial charge in [0.1, 0.15) is 0 Å². The Hall–Kier alpha value is -2.57. The normalized spacial score (nSPS) is 10.4. The van der Waals surface area contributed by atoms with E-state index >= 15 is 0 Å². The summed E-state index contributed by atoms with van der Waals surface area (Å²) in [5, 5.41) is 0. The van der Waals surface area contributed by atoms with Gasteiger partial charge in [0.25, 0.3) is 0 Å². The van der Waals surface area contributed by atoms with Gasteiger partial charge in [-0.05, 0) is 17.7 Å². The predicted molar refractivity (Wildman–Crippen MR) is 65.3 cm³/mol. The van der Waals surface area contributed by atoms with Crippen LogP contribution in [-0.2, 0) is 20.9 Å². The first-order valence-corrected chi connectivity index (χ1v) is 5.46. The number of esters is 1. The van der Waals surface area contributed by atoms with Gasteiger partial charge in [0.05, 0.1) is 12.6 Å². The van der Waals surface area contributed by atoms with Crippen molar-refractivity contribution in [1.29, 1.82) is 0 Å². The molecule has 0 atom stereocenters. The van der Waals surface area contributed by atoms with Crippen molar-refractivity contribution in [2.24, 2.45) is 0 Å². The number of aromatic nitrogens is 1. The zero-order valence-electron chi connectivity index (χ0n) is 10.4. The molecule has 1 amide bonds. The third-order valence-corrected chi connectivity index (χ3v) is 2.61. The number of ether oxygens (including phenoxy) is 1. The Morgan fingerprint density at radius 2 is 2.16 bits per heavy atom. The monoisotopic (exact) mass is 264 g/mol. The summed E-state index contributed by atoms with van der Waals surface area (Å²) in [6.45, 7) is 0.207. The smallest absolute Gasteiger partial charge is 0.417 e. The SMILES string of the molecule is COC(=O)C(=O)N(C)Cc1ccc2[nH]c(=O)oc2c1. The number of rotatable bonds is 2. The third-order valence-electron chi connectivity index (χ3n) is 2.61. The summed E-state index contributed by atoms with van der Waals surface area (Å²) < 4.78 is 9.26. The highest BCUT2D eigenvalue weighted by Gasteiger charge is 2.19. The number of fused-ring (bicyclic) bond motifs is 1. The molecule has 0 aliphatic rings. The first kappa shape index (κ1) is 12.9. The van der Waals surface area contributed by atoms with Crippen LogP contribution in [0.15, 0.2) is 27.4 Å². The molecule has 0 unspecified atom stereocenters. The van der Waals surface area contributed by atoms with Gasteiger partial charge in [-0.1, -0.05) is 6.07 Å². The maximum Gasteiger partial charge on any atom is 0.417 e. The molecule has 2 rings (SSSR count). The van der Waals surface area contributed by atoms with Crippen LogP contribution in [0.1, 0.15) is 5.56 Å². The second kappa shape index (κ2) is 4.97. The second-order valence-corrected chi connectivity index (χ2v) is 4.00. The molecule has 0 saturated carbocycles. The summed E-state index contributed by atoms with van der Waals surface area (Å²) in [4.78, 5) is 37.3. The molecular formula is C12H12N2O5. The van der Waals surface area contributed by atoms with Crippen LogP contribution in [0.25, 0.3) is 11.1 Å². The fourth-order valence-electron chi connectivity index (χ4n) is 1.68. The van der Waals surface area contributed by atoms with Crippen molar-refractivity contribution < 1.29 is 18.7 Å². The van der Waals surface area contributed by atoms with Crippen molar-refractivity contribution in [3.8, 4) is 0 Å². The molecule has 1 N–H and O–H groups in total. The van der Waals surface area contributed by atoms with E-state index in [1.165, 1.54) is 11.9 Å². The van der Waals surface area contributed by atoms with E-state index in [-0.39, 0.29) is 6.54 Å². The Morgan fingerprint density at radius 3 is 2.84 bits per heavy atom. The van der Waals surface area contributed by atoms with E-state index in [1.54, 1.807) is 18.2 Å². The van der Waals surface area contributed by atoms with E-state index in [2.05, 4.69) is 9.72 Å². The minimum Gasteiger partial charge on any atom is -0.462 e. The van der Waals surface area contributed by atoms with E-state index in [4.69, 9.17) is 4.42 Å². The number of oxazole rings is 1. The molecule has 7 heteroatoms. The summed E-state index contributed by atoms with van der Waals surface area (Å²) >= 11 is 0. The number of carbonyl (C=O) groups is 2. The average molecular weight is 264 g/mol. The highest BCUT2D eigenvalue weighted by atomic mass is 16.5. The van der Waals surface area contributed by atoms with Gasteiger partial charge in [-0.2, -0.15) is 0 Å². The molecule has 0 spiro atoms. The van der Waals surface area contributed by atoms with Crippen molar-refractivity contribution in [3.05, 3.63) is 34.3 Å². The molecule has 0 aliphatic carbocycles. The van der Waals surface area contributed by atoms with Crippen LogP contribution in [0, 0.1) is 0 Å². The van der Waals surface area contributed by atoms with Crippen molar-refractivity contribution in [2.75, 3.05) is 14.2 Å². The fourth-order valence-corrected chi connectivity index (χ4v) is 1.68. The molecule has 19 heavy (non-hydrogen) atoms. The number of methoxy groups -OCH3 is 1. The maximum absolute atomic E-state index is 11.5. The van der Waals surface area contributed by atoms with E-state index in [0.717, 1.165) is 12.7 Å². The molecule has 0 bridgehead atoms. The number of carbonyl (C=O) groups excluding carboxylic acids is 2. The molecule has 2 aromatic rings. The summed E-state index contributed by atoms with van der Waals surface area (Å²) in [5.41, 5.74) is 1.71. The minimum absolute atomic E-state index is 0.207. The molecule has 100 valence electrons. The molecule has 1 aromatic heterocycles. The van der Waals surface area contributed by atoms with Crippen LogP contribution in [0.4, 0.5) is 0 Å². The largest absolute Gasteiger partial charge is 0.462 e. The molecular weight excluding hydrogens is 252 g/mol. The first-order chi connectivity index (χ1) is 9.01. The predicted octanol–water partition coefficient (Wildman–Crippen LogP) is 0.252. The summed E-state index contributed by atoms with van der Waals surface area (Å²) in [7, 11) is 2.63. The van der Waals surface area contributed by atoms with Crippen LogP contribution in [0.5, 0.6) is 0 Å². The van der Waals surface area contributed by atoms with Gasteiger partial charge in [-0.15, -0.1) is 0 Å². The number of aromatic amines is 1. The van der Waals surface area contributed by atoms with Crippen molar-refractivity contribution >= 4 is 23.0 Å². The Labute approximate surface area is 107 Å². The summed E-state index contributed by atoms with van der Waals surface area (Å²) in [5.74, 6) is -2.19. The molecule has 0 aliphatic heterocycles. The third kappa shape index (κ3) is 2.65. The van der Waals surface area contributed by atoms with E-state index in [0.29, 0.717) is 11.1 Å². The second-order valence-electron chi connectivity index (χ2n) is 4.00. The van der Waals surface area contributed by atoms with Crippen LogP contribution in [-0.4, -0.2) is 35.9 Å². The zero-order chi connectivity index (χ0) is 14.0. The number of nitrogens with one attached hydrogen (secondary N) is 1. The Morgan fingerprint density at radius 1 is 1.42 bits per heavy atom. The molecule has 0 radical (unpaired) electrons. The standard InChI is InChI=1S/C12H12N2O5/c1-14(10(15)11(16)18-2)6-7-3-4-8-9(5-7)19-12(17)13-8/h3-5H,6H2,1-2H3,(H,13,17). The van der Waals surface area contributed by atoms with Crippen LogP contribution in [0.2, 0.25) is 0 Å². The summed E-state index contributed by atoms with van der Waals surface area (Å²) in [6.07, 6.45) is 0.